The van der Waals surface area contributed by atoms with Crippen molar-refractivity contribution in [2.75, 3.05) is 32.7 Å². The summed E-state index contributed by atoms with van der Waals surface area (Å²) in [7, 11) is -3.39. The molecule has 1 saturated carbocycles. The molecule has 6 unspecified atom stereocenters. The van der Waals surface area contributed by atoms with Crippen LogP contribution >= 0.6 is 23.2 Å². The van der Waals surface area contributed by atoms with Gasteiger partial charge < -0.3 is 15.3 Å². The normalized spacial score (nSPS) is 38.3. The largest absolute Gasteiger partial charge is 0.391 e. The maximum atomic E-state index is 12.5. The highest BCUT2D eigenvalue weighted by atomic mass is 35.5. The van der Waals surface area contributed by atoms with Gasteiger partial charge in [-0.25, -0.2) is 8.42 Å². The molecule has 0 aromatic rings. The average molecular weight is 426 g/mol. The number of halogens is 2. The second kappa shape index (κ2) is 7.93. The highest BCUT2D eigenvalue weighted by molar-refractivity contribution is 7.92. The zero-order valence-electron chi connectivity index (χ0n) is 14.4. The molecule has 26 heavy (non-hydrogen) atoms. The molecule has 0 aromatic heterocycles. The Kier molecular flexibility index (Phi) is 6.21. The number of carbonyl (C=O) groups is 1. The Hall–Kier alpha value is -0.380. The summed E-state index contributed by atoms with van der Waals surface area (Å²) < 4.78 is 25.2. The van der Waals surface area contributed by atoms with Crippen molar-refractivity contribution >= 4 is 39.1 Å². The molecular formula is C16H25Cl2N3O4S. The molecule has 10 heteroatoms. The fourth-order valence-electron chi connectivity index (χ4n) is 4.11. The Morgan fingerprint density at radius 1 is 1.15 bits per heavy atom. The molecule has 148 valence electrons. The van der Waals surface area contributed by atoms with Gasteiger partial charge in [0, 0.05) is 37.6 Å². The third-order valence-corrected chi connectivity index (χ3v) is 8.23. The molecule has 2 saturated heterocycles. The summed E-state index contributed by atoms with van der Waals surface area (Å²) in [5, 5.41) is 13.7. The van der Waals surface area contributed by atoms with E-state index in [1.54, 1.807) is 4.90 Å². The Labute approximate surface area is 164 Å². The number of rotatable bonds is 5. The molecule has 1 amide bonds. The first-order chi connectivity index (χ1) is 12.2. The van der Waals surface area contributed by atoms with Gasteiger partial charge in [-0.1, -0.05) is 6.58 Å². The van der Waals surface area contributed by atoms with Gasteiger partial charge in [-0.05, 0) is 24.7 Å². The zero-order valence-corrected chi connectivity index (χ0v) is 16.8. The summed E-state index contributed by atoms with van der Waals surface area (Å²) in [6.07, 6.45) is 0.309. The Balaban J connectivity index is 1.47. The predicted octanol–water partition coefficient (Wildman–Crippen LogP) is 0.178. The van der Waals surface area contributed by atoms with Gasteiger partial charge in [0.1, 0.15) is 0 Å². The van der Waals surface area contributed by atoms with E-state index in [0.29, 0.717) is 39.0 Å². The molecule has 0 spiro atoms. The molecule has 3 rings (SSSR count). The number of hydrogen-bond acceptors (Lipinski definition) is 5. The van der Waals surface area contributed by atoms with E-state index in [9.17, 15) is 18.3 Å². The second-order valence-electron chi connectivity index (χ2n) is 7.41. The van der Waals surface area contributed by atoms with Crippen molar-refractivity contribution in [1.29, 1.82) is 0 Å². The summed E-state index contributed by atoms with van der Waals surface area (Å²) >= 11 is 12.2. The van der Waals surface area contributed by atoms with Crippen molar-refractivity contribution in [3.8, 4) is 0 Å². The van der Waals surface area contributed by atoms with Gasteiger partial charge in [-0.3, -0.25) is 4.79 Å². The molecule has 0 bridgehead atoms. The summed E-state index contributed by atoms with van der Waals surface area (Å²) in [5.41, 5.74) is 0. The van der Waals surface area contributed by atoms with E-state index in [2.05, 4.69) is 11.9 Å². The van der Waals surface area contributed by atoms with Crippen LogP contribution in [0.25, 0.3) is 0 Å². The number of sulfonamides is 1. The molecule has 0 radical (unpaired) electrons. The maximum Gasteiger partial charge on any atom is 0.236 e. The Bertz CT molecular complexity index is 648. The average Bonchev–Trinajstić information content (AvgIpc) is 3.16. The Morgan fingerprint density at radius 3 is 2.31 bits per heavy atom. The SMILES string of the molecule is C=CS(=O)(=O)N1CC2CN(C(=O)CNC3CC(Cl)C(Cl)CC3O)CC2C1. The van der Waals surface area contributed by atoms with Crippen molar-refractivity contribution in [1.82, 2.24) is 14.5 Å². The van der Waals surface area contributed by atoms with Gasteiger partial charge in [-0.2, -0.15) is 4.31 Å². The van der Waals surface area contributed by atoms with Gasteiger partial charge >= 0.3 is 0 Å². The minimum atomic E-state index is -3.39. The first kappa shape index (κ1) is 20.4. The fourth-order valence-corrected chi connectivity index (χ4v) is 5.70. The Morgan fingerprint density at radius 2 is 1.73 bits per heavy atom. The van der Waals surface area contributed by atoms with Crippen molar-refractivity contribution in [3.05, 3.63) is 12.0 Å². The monoisotopic (exact) mass is 425 g/mol. The van der Waals surface area contributed by atoms with E-state index in [-0.39, 0.29) is 41.1 Å². The van der Waals surface area contributed by atoms with Crippen molar-refractivity contribution < 1.29 is 18.3 Å². The van der Waals surface area contributed by atoms with Gasteiger partial charge in [-0.15, -0.1) is 23.2 Å². The third-order valence-electron chi connectivity index (χ3n) is 5.69. The van der Waals surface area contributed by atoms with Crippen LogP contribution in [-0.4, -0.2) is 84.3 Å². The van der Waals surface area contributed by atoms with Crippen LogP contribution < -0.4 is 5.32 Å². The summed E-state index contributed by atoms with van der Waals surface area (Å²) in [4.78, 5) is 14.3. The molecule has 7 nitrogen and oxygen atoms in total. The van der Waals surface area contributed by atoms with Crippen LogP contribution in [0.15, 0.2) is 12.0 Å². The number of hydrogen-bond donors (Lipinski definition) is 2. The summed E-state index contributed by atoms with van der Waals surface area (Å²) in [5.74, 6) is 0.292. The number of amides is 1. The number of nitrogens with one attached hydrogen (secondary N) is 1. The van der Waals surface area contributed by atoms with Crippen molar-refractivity contribution in [2.45, 2.75) is 35.7 Å². The first-order valence-electron chi connectivity index (χ1n) is 8.81. The van der Waals surface area contributed by atoms with Crippen LogP contribution in [-0.2, 0) is 14.8 Å². The van der Waals surface area contributed by atoms with E-state index in [0.717, 1.165) is 5.41 Å². The quantitative estimate of drug-likeness (QED) is 0.613. The minimum absolute atomic E-state index is 0.0381. The first-order valence-corrected chi connectivity index (χ1v) is 11.2. The predicted molar refractivity (Wildman–Crippen MR) is 101 cm³/mol. The van der Waals surface area contributed by atoms with Crippen LogP contribution in [0.4, 0.5) is 0 Å². The van der Waals surface area contributed by atoms with Gasteiger partial charge in [0.25, 0.3) is 0 Å². The van der Waals surface area contributed by atoms with Gasteiger partial charge in [0.05, 0.1) is 23.4 Å². The van der Waals surface area contributed by atoms with Crippen LogP contribution in [0, 0.1) is 11.8 Å². The lowest BCUT2D eigenvalue weighted by Crippen LogP contribution is -2.51. The standard InChI is InChI=1S/C16H25Cl2N3O4S/c1-2-26(24,25)21-8-10-6-20(7-11(10)9-21)16(23)5-19-14-3-12(17)13(18)4-15(14)22/h2,10-15,19,22H,1,3-9H2. The van der Waals surface area contributed by atoms with Crippen LogP contribution in [0.5, 0.6) is 0 Å². The lowest BCUT2D eigenvalue weighted by atomic mass is 9.91. The molecule has 6 atom stereocenters. The van der Waals surface area contributed by atoms with Gasteiger partial charge in [0.15, 0.2) is 0 Å². The number of alkyl halides is 2. The van der Waals surface area contributed by atoms with Gasteiger partial charge in [0.2, 0.25) is 15.9 Å². The van der Waals surface area contributed by atoms with E-state index in [1.807, 2.05) is 0 Å². The molecule has 1 aliphatic carbocycles. The molecule has 3 fully saturated rings. The van der Waals surface area contributed by atoms with Crippen LogP contribution in [0.2, 0.25) is 0 Å². The number of fused-ring (bicyclic) bond motifs is 1. The minimum Gasteiger partial charge on any atom is -0.391 e. The summed E-state index contributed by atoms with van der Waals surface area (Å²) in [6, 6.07) is -0.244. The number of aliphatic hydroxyl groups excluding tert-OH is 1. The van der Waals surface area contributed by atoms with E-state index in [1.165, 1.54) is 4.31 Å². The van der Waals surface area contributed by atoms with Crippen molar-refractivity contribution in [2.24, 2.45) is 11.8 Å². The van der Waals surface area contributed by atoms with E-state index >= 15 is 0 Å². The molecule has 2 heterocycles. The number of nitrogens with zero attached hydrogens (tertiary/aromatic N) is 2. The molecule has 2 N–H and O–H groups in total. The fraction of sp³-hybridized carbons (Fsp3) is 0.812. The molecule has 2 aliphatic heterocycles. The molecule has 0 aromatic carbocycles. The third kappa shape index (κ3) is 4.20. The molecule has 3 aliphatic rings. The van der Waals surface area contributed by atoms with Crippen LogP contribution in [0.1, 0.15) is 12.8 Å². The van der Waals surface area contributed by atoms with E-state index < -0.39 is 16.1 Å². The highest BCUT2D eigenvalue weighted by Gasteiger charge is 2.44. The molecular weight excluding hydrogens is 401 g/mol. The van der Waals surface area contributed by atoms with E-state index in [4.69, 9.17) is 23.2 Å². The van der Waals surface area contributed by atoms with Crippen LogP contribution in [0.3, 0.4) is 0 Å². The topological polar surface area (TPSA) is 90.0 Å². The summed E-state index contributed by atoms with van der Waals surface area (Å²) in [6.45, 7) is 5.47. The zero-order chi connectivity index (χ0) is 19.1. The number of carbonyl (C=O) groups excluding carboxylic acids is 1. The lowest BCUT2D eigenvalue weighted by Gasteiger charge is -2.34. The number of likely N-dealkylation sites (tertiary alicyclic amines) is 1. The number of aliphatic hydroxyl groups is 1. The second-order valence-corrected chi connectivity index (χ2v) is 10.4. The maximum absolute atomic E-state index is 12.5. The lowest BCUT2D eigenvalue weighted by molar-refractivity contribution is -0.129. The highest BCUT2D eigenvalue weighted by Crippen LogP contribution is 2.33. The smallest absolute Gasteiger partial charge is 0.236 e. The van der Waals surface area contributed by atoms with Crippen molar-refractivity contribution in [3.63, 3.8) is 0 Å².